The van der Waals surface area contributed by atoms with Crippen molar-refractivity contribution < 1.29 is 9.00 Å². The molecule has 5 heteroatoms. The first kappa shape index (κ1) is 16.6. The summed E-state index contributed by atoms with van der Waals surface area (Å²) in [4.78, 5) is 11.9. The normalized spacial score (nSPS) is 24.5. The number of carbonyl (C=O) groups is 1. The van der Waals surface area contributed by atoms with Gasteiger partial charge in [-0.15, -0.1) is 0 Å². The van der Waals surface area contributed by atoms with Gasteiger partial charge in [0.15, 0.2) is 0 Å². The Balaban J connectivity index is 2.23. The fourth-order valence-electron chi connectivity index (χ4n) is 2.57. The van der Waals surface area contributed by atoms with Crippen molar-refractivity contribution in [3.63, 3.8) is 0 Å². The maximum absolute atomic E-state index is 11.9. The fourth-order valence-corrected chi connectivity index (χ4v) is 3.26. The van der Waals surface area contributed by atoms with Crippen LogP contribution in [0.5, 0.6) is 0 Å². The van der Waals surface area contributed by atoms with Crippen molar-refractivity contribution in [3.8, 4) is 0 Å². The van der Waals surface area contributed by atoms with Crippen molar-refractivity contribution in [1.82, 2.24) is 10.6 Å². The molecule has 1 fully saturated rings. The zero-order chi connectivity index (χ0) is 14.3. The van der Waals surface area contributed by atoms with E-state index in [1.807, 2.05) is 6.92 Å². The minimum atomic E-state index is -0.775. The first-order chi connectivity index (χ1) is 8.99. The second-order valence-corrected chi connectivity index (χ2v) is 7.38. The average Bonchev–Trinajstić information content (AvgIpc) is 2.37. The highest BCUT2D eigenvalue weighted by Crippen LogP contribution is 2.22. The maximum Gasteiger partial charge on any atom is 0.220 e. The third-order valence-corrected chi connectivity index (χ3v) is 4.70. The number of carbonyl (C=O) groups excluding carboxylic acids is 1. The van der Waals surface area contributed by atoms with Crippen molar-refractivity contribution in [3.05, 3.63) is 0 Å². The van der Waals surface area contributed by atoms with Gasteiger partial charge in [0.05, 0.1) is 0 Å². The third-order valence-electron chi connectivity index (χ3n) is 3.89. The summed E-state index contributed by atoms with van der Waals surface area (Å²) >= 11 is 0. The Kier molecular flexibility index (Phi) is 7.61. The molecule has 4 atom stereocenters. The smallest absolute Gasteiger partial charge is 0.220 e. The van der Waals surface area contributed by atoms with Crippen LogP contribution in [0, 0.1) is 11.8 Å². The van der Waals surface area contributed by atoms with E-state index in [0.29, 0.717) is 24.0 Å². The zero-order valence-corrected chi connectivity index (χ0v) is 13.2. The van der Waals surface area contributed by atoms with E-state index >= 15 is 0 Å². The van der Waals surface area contributed by atoms with Crippen molar-refractivity contribution >= 4 is 16.7 Å². The average molecular weight is 288 g/mol. The molecule has 0 spiro atoms. The van der Waals surface area contributed by atoms with Crippen LogP contribution in [-0.4, -0.2) is 41.3 Å². The van der Waals surface area contributed by atoms with Crippen molar-refractivity contribution in [2.75, 3.05) is 25.1 Å². The molecule has 0 aromatic rings. The lowest BCUT2D eigenvalue weighted by Crippen LogP contribution is -2.38. The van der Waals surface area contributed by atoms with Crippen LogP contribution < -0.4 is 10.6 Å². The quantitative estimate of drug-likeness (QED) is 0.742. The van der Waals surface area contributed by atoms with Gasteiger partial charge in [0, 0.05) is 35.3 Å². The number of rotatable bonds is 7. The molecule has 4 nitrogen and oxygen atoms in total. The Labute approximate surface area is 119 Å². The molecular weight excluding hydrogens is 260 g/mol. The summed E-state index contributed by atoms with van der Waals surface area (Å²) in [5, 5.41) is 6.41. The van der Waals surface area contributed by atoms with Crippen LogP contribution in [0.3, 0.4) is 0 Å². The molecule has 1 aliphatic rings. The molecule has 4 unspecified atom stereocenters. The van der Waals surface area contributed by atoms with Gasteiger partial charge in [0.2, 0.25) is 5.91 Å². The number of nitrogens with one attached hydrogen (secondary N) is 2. The number of piperidine rings is 1. The monoisotopic (exact) mass is 288 g/mol. The van der Waals surface area contributed by atoms with Gasteiger partial charge in [-0.1, -0.05) is 6.92 Å². The SMILES string of the molecule is CC(CCS(C)=O)NC(=O)CC(C)C1CCCNC1. The Morgan fingerprint density at radius 3 is 2.79 bits per heavy atom. The molecule has 1 saturated heterocycles. The minimum Gasteiger partial charge on any atom is -0.354 e. The molecule has 0 saturated carbocycles. The topological polar surface area (TPSA) is 58.2 Å². The molecule has 2 N–H and O–H groups in total. The van der Waals surface area contributed by atoms with Crippen LogP contribution in [0.25, 0.3) is 0 Å². The van der Waals surface area contributed by atoms with E-state index in [2.05, 4.69) is 17.6 Å². The summed E-state index contributed by atoms with van der Waals surface area (Å²) in [5.41, 5.74) is 0. The molecule has 1 amide bonds. The Morgan fingerprint density at radius 2 is 2.21 bits per heavy atom. The van der Waals surface area contributed by atoms with Crippen molar-refractivity contribution in [2.24, 2.45) is 11.8 Å². The molecule has 1 rings (SSSR count). The Hall–Kier alpha value is -0.420. The lowest BCUT2D eigenvalue weighted by molar-refractivity contribution is -0.122. The standard InChI is InChI=1S/C14H28N2O2S/c1-11(13-5-4-7-15-10-13)9-14(17)16-12(2)6-8-19(3)18/h11-13,15H,4-10H2,1-3H3,(H,16,17). The molecular formula is C14H28N2O2S. The number of hydrogen-bond acceptors (Lipinski definition) is 3. The fraction of sp³-hybridized carbons (Fsp3) is 0.929. The second-order valence-electron chi connectivity index (χ2n) is 5.82. The van der Waals surface area contributed by atoms with Crippen LogP contribution in [0.4, 0.5) is 0 Å². The minimum absolute atomic E-state index is 0.119. The van der Waals surface area contributed by atoms with Crippen LogP contribution in [0.2, 0.25) is 0 Å². The van der Waals surface area contributed by atoms with Crippen LogP contribution in [0.1, 0.15) is 39.5 Å². The van der Waals surface area contributed by atoms with Crippen LogP contribution >= 0.6 is 0 Å². The van der Waals surface area contributed by atoms with E-state index in [1.54, 1.807) is 6.26 Å². The highest BCUT2D eigenvalue weighted by atomic mass is 32.2. The summed E-state index contributed by atoms with van der Waals surface area (Å²) in [5.74, 6) is 1.84. The van der Waals surface area contributed by atoms with Gasteiger partial charge >= 0.3 is 0 Å². The van der Waals surface area contributed by atoms with Crippen LogP contribution in [0.15, 0.2) is 0 Å². The molecule has 0 aromatic carbocycles. The van der Waals surface area contributed by atoms with Crippen LogP contribution in [-0.2, 0) is 15.6 Å². The molecule has 1 heterocycles. The lowest BCUT2D eigenvalue weighted by atomic mass is 9.85. The van der Waals surface area contributed by atoms with E-state index in [-0.39, 0.29) is 11.9 Å². The summed E-state index contributed by atoms with van der Waals surface area (Å²) in [7, 11) is -0.775. The Bertz CT molecular complexity index is 304. The molecule has 0 aromatic heterocycles. The zero-order valence-electron chi connectivity index (χ0n) is 12.4. The number of hydrogen-bond donors (Lipinski definition) is 2. The molecule has 19 heavy (non-hydrogen) atoms. The molecule has 0 bridgehead atoms. The molecule has 1 aliphatic heterocycles. The van der Waals surface area contributed by atoms with Gasteiger partial charge in [-0.05, 0) is 51.1 Å². The highest BCUT2D eigenvalue weighted by molar-refractivity contribution is 7.84. The summed E-state index contributed by atoms with van der Waals surface area (Å²) in [6, 6.07) is 0.119. The Morgan fingerprint density at radius 1 is 1.47 bits per heavy atom. The third kappa shape index (κ3) is 7.06. The largest absolute Gasteiger partial charge is 0.354 e. The van der Waals surface area contributed by atoms with Gasteiger partial charge < -0.3 is 10.6 Å². The van der Waals surface area contributed by atoms with Gasteiger partial charge in [-0.2, -0.15) is 0 Å². The first-order valence-corrected chi connectivity index (χ1v) is 9.02. The van der Waals surface area contributed by atoms with Crippen molar-refractivity contribution in [2.45, 2.75) is 45.6 Å². The summed E-state index contributed by atoms with van der Waals surface area (Å²) in [6.45, 7) is 6.31. The van der Waals surface area contributed by atoms with Gasteiger partial charge in [0.1, 0.15) is 0 Å². The van der Waals surface area contributed by atoms with Crippen molar-refractivity contribution in [1.29, 1.82) is 0 Å². The van der Waals surface area contributed by atoms with E-state index in [9.17, 15) is 9.00 Å². The highest BCUT2D eigenvalue weighted by Gasteiger charge is 2.22. The maximum atomic E-state index is 11.9. The second kappa shape index (κ2) is 8.69. The lowest BCUT2D eigenvalue weighted by Gasteiger charge is -2.28. The van der Waals surface area contributed by atoms with Gasteiger partial charge in [0.25, 0.3) is 0 Å². The predicted octanol–water partition coefficient (Wildman–Crippen LogP) is 1.29. The summed E-state index contributed by atoms with van der Waals surface area (Å²) in [6.07, 6.45) is 5.54. The van der Waals surface area contributed by atoms with E-state index < -0.39 is 10.8 Å². The molecule has 0 radical (unpaired) electrons. The molecule has 112 valence electrons. The van der Waals surface area contributed by atoms with E-state index in [0.717, 1.165) is 19.5 Å². The van der Waals surface area contributed by atoms with E-state index in [4.69, 9.17) is 0 Å². The van der Waals surface area contributed by atoms with Gasteiger partial charge in [-0.25, -0.2) is 0 Å². The first-order valence-electron chi connectivity index (χ1n) is 7.29. The number of amides is 1. The molecule has 0 aliphatic carbocycles. The summed E-state index contributed by atoms with van der Waals surface area (Å²) < 4.78 is 11.0. The van der Waals surface area contributed by atoms with E-state index in [1.165, 1.54) is 12.8 Å². The predicted molar refractivity (Wildman–Crippen MR) is 80.5 cm³/mol. The van der Waals surface area contributed by atoms with Gasteiger partial charge in [-0.3, -0.25) is 9.00 Å².